The number of thiazole rings is 1. The highest BCUT2D eigenvalue weighted by atomic mass is 32.1. The van der Waals surface area contributed by atoms with Crippen LogP contribution >= 0.6 is 11.3 Å². The van der Waals surface area contributed by atoms with Crippen LogP contribution in [0, 0.1) is 11.6 Å². The molecule has 84 valence electrons. The molecular weight excluding hydrogens is 230 g/mol. The quantitative estimate of drug-likeness (QED) is 0.895. The third-order valence-corrected chi connectivity index (χ3v) is 3.18. The van der Waals surface area contributed by atoms with Gasteiger partial charge in [-0.15, -0.1) is 11.3 Å². The summed E-state index contributed by atoms with van der Waals surface area (Å²) < 4.78 is 26.0. The first-order chi connectivity index (χ1) is 7.69. The van der Waals surface area contributed by atoms with Crippen molar-refractivity contribution in [1.29, 1.82) is 0 Å². The number of aromatic nitrogens is 1. The number of nitrogens with zero attached hydrogens (tertiary/aromatic N) is 1. The van der Waals surface area contributed by atoms with Gasteiger partial charge in [-0.05, 0) is 11.6 Å². The van der Waals surface area contributed by atoms with Crippen molar-refractivity contribution in [3.8, 4) is 0 Å². The van der Waals surface area contributed by atoms with Gasteiger partial charge >= 0.3 is 0 Å². The molecule has 0 atom stereocenters. The summed E-state index contributed by atoms with van der Waals surface area (Å²) in [5.74, 6) is -1.10. The Morgan fingerprint density at radius 3 is 2.75 bits per heavy atom. The molecule has 2 nitrogen and oxygen atoms in total. The Morgan fingerprint density at radius 2 is 2.12 bits per heavy atom. The molecule has 0 fully saturated rings. The molecule has 0 unspecified atom stereocenters. The lowest BCUT2D eigenvalue weighted by atomic mass is 10.1. The van der Waals surface area contributed by atoms with Crippen LogP contribution in [0.5, 0.6) is 0 Å². The zero-order valence-electron chi connectivity index (χ0n) is 8.41. The van der Waals surface area contributed by atoms with E-state index in [2.05, 4.69) is 4.98 Å². The molecule has 0 saturated heterocycles. The summed E-state index contributed by atoms with van der Waals surface area (Å²) in [4.78, 5) is 5.08. The second-order valence-corrected chi connectivity index (χ2v) is 4.54. The fourth-order valence-corrected chi connectivity index (χ4v) is 2.18. The van der Waals surface area contributed by atoms with Gasteiger partial charge in [-0.3, -0.25) is 0 Å². The summed E-state index contributed by atoms with van der Waals surface area (Å²) >= 11 is 1.44. The van der Waals surface area contributed by atoms with E-state index >= 15 is 0 Å². The Balaban J connectivity index is 2.20. The Labute approximate surface area is 95.7 Å². The van der Waals surface area contributed by atoms with E-state index < -0.39 is 11.6 Å². The molecule has 0 spiro atoms. The molecule has 2 rings (SSSR count). The third kappa shape index (κ3) is 2.43. The minimum absolute atomic E-state index is 0.372. The SMILES string of the molecule is NCc1cnc(Cc2ccc(F)cc2F)s1. The van der Waals surface area contributed by atoms with E-state index in [9.17, 15) is 8.78 Å². The van der Waals surface area contributed by atoms with Gasteiger partial charge in [-0.1, -0.05) is 6.07 Å². The molecule has 1 aromatic carbocycles. The molecule has 0 amide bonds. The molecule has 0 radical (unpaired) electrons. The summed E-state index contributed by atoms with van der Waals surface area (Å²) in [5, 5.41) is 0.783. The van der Waals surface area contributed by atoms with E-state index in [1.165, 1.54) is 23.5 Å². The molecule has 16 heavy (non-hydrogen) atoms. The van der Waals surface area contributed by atoms with E-state index in [0.29, 0.717) is 18.5 Å². The zero-order chi connectivity index (χ0) is 11.5. The molecule has 5 heteroatoms. The standard InChI is InChI=1S/C11H10F2N2S/c12-8-2-1-7(10(13)4-8)3-11-15-6-9(5-14)16-11/h1-2,4,6H,3,5,14H2. The van der Waals surface area contributed by atoms with Gasteiger partial charge in [0.05, 0.1) is 5.01 Å². The average Bonchev–Trinajstić information content (AvgIpc) is 2.70. The molecule has 1 aromatic heterocycles. The molecule has 0 saturated carbocycles. The zero-order valence-corrected chi connectivity index (χ0v) is 9.23. The number of halogens is 2. The first-order valence-corrected chi connectivity index (χ1v) is 5.58. The Bertz CT molecular complexity index is 496. The predicted octanol–water partition coefficient (Wildman–Crippen LogP) is 2.47. The molecule has 0 bridgehead atoms. The van der Waals surface area contributed by atoms with E-state index in [1.54, 1.807) is 6.20 Å². The van der Waals surface area contributed by atoms with E-state index in [1.807, 2.05) is 0 Å². The van der Waals surface area contributed by atoms with Crippen LogP contribution in [0.15, 0.2) is 24.4 Å². The minimum Gasteiger partial charge on any atom is -0.326 e. The van der Waals surface area contributed by atoms with Crippen LogP contribution in [0.1, 0.15) is 15.4 Å². The highest BCUT2D eigenvalue weighted by Crippen LogP contribution is 2.18. The maximum atomic E-state index is 13.3. The van der Waals surface area contributed by atoms with Crippen molar-refractivity contribution < 1.29 is 8.78 Å². The lowest BCUT2D eigenvalue weighted by molar-refractivity contribution is 0.574. The van der Waals surface area contributed by atoms with E-state index in [4.69, 9.17) is 5.73 Å². The Morgan fingerprint density at radius 1 is 1.31 bits per heavy atom. The van der Waals surface area contributed by atoms with Gasteiger partial charge in [-0.2, -0.15) is 0 Å². The van der Waals surface area contributed by atoms with E-state index in [0.717, 1.165) is 16.0 Å². The summed E-state index contributed by atoms with van der Waals surface area (Å²) in [6.07, 6.45) is 2.05. The van der Waals surface area contributed by atoms with Gasteiger partial charge in [0.25, 0.3) is 0 Å². The van der Waals surface area contributed by atoms with Crippen molar-refractivity contribution in [3.05, 3.63) is 51.5 Å². The smallest absolute Gasteiger partial charge is 0.129 e. The van der Waals surface area contributed by atoms with Crippen molar-refractivity contribution in [1.82, 2.24) is 4.98 Å². The van der Waals surface area contributed by atoms with Gasteiger partial charge in [-0.25, -0.2) is 13.8 Å². The average molecular weight is 240 g/mol. The molecule has 1 heterocycles. The van der Waals surface area contributed by atoms with Gasteiger partial charge in [0.15, 0.2) is 0 Å². The topological polar surface area (TPSA) is 38.9 Å². The number of rotatable bonds is 3. The summed E-state index contributed by atoms with van der Waals surface area (Å²) in [7, 11) is 0. The first kappa shape index (κ1) is 11.2. The number of nitrogens with two attached hydrogens (primary N) is 1. The van der Waals surface area contributed by atoms with Crippen LogP contribution in [0.2, 0.25) is 0 Å². The number of hydrogen-bond donors (Lipinski definition) is 1. The maximum Gasteiger partial charge on any atom is 0.129 e. The number of hydrogen-bond acceptors (Lipinski definition) is 3. The summed E-state index contributed by atoms with van der Waals surface area (Å²) in [6.45, 7) is 0.434. The van der Waals surface area contributed by atoms with Crippen LogP contribution in [0.4, 0.5) is 8.78 Å². The van der Waals surface area contributed by atoms with Crippen molar-refractivity contribution in [3.63, 3.8) is 0 Å². The predicted molar refractivity (Wildman–Crippen MR) is 59.2 cm³/mol. The second kappa shape index (κ2) is 4.67. The fraction of sp³-hybridized carbons (Fsp3) is 0.182. The Hall–Kier alpha value is -1.33. The lowest BCUT2D eigenvalue weighted by Crippen LogP contribution is -1.93. The molecule has 0 aliphatic carbocycles. The van der Waals surface area contributed by atoms with Gasteiger partial charge in [0.1, 0.15) is 11.6 Å². The van der Waals surface area contributed by atoms with Crippen molar-refractivity contribution in [2.75, 3.05) is 0 Å². The van der Waals surface area contributed by atoms with Gasteiger partial charge in [0, 0.05) is 30.1 Å². The minimum atomic E-state index is -0.567. The first-order valence-electron chi connectivity index (χ1n) is 4.76. The van der Waals surface area contributed by atoms with Crippen molar-refractivity contribution >= 4 is 11.3 Å². The van der Waals surface area contributed by atoms with E-state index in [-0.39, 0.29) is 0 Å². The highest BCUT2D eigenvalue weighted by molar-refractivity contribution is 7.11. The number of benzene rings is 1. The van der Waals surface area contributed by atoms with Gasteiger partial charge < -0.3 is 5.73 Å². The lowest BCUT2D eigenvalue weighted by Gasteiger charge is -2.00. The van der Waals surface area contributed by atoms with Crippen molar-refractivity contribution in [2.45, 2.75) is 13.0 Å². The molecule has 2 aromatic rings. The third-order valence-electron chi connectivity index (χ3n) is 2.16. The fourth-order valence-electron chi connectivity index (χ4n) is 1.35. The van der Waals surface area contributed by atoms with Crippen LogP contribution in [0.3, 0.4) is 0 Å². The van der Waals surface area contributed by atoms with Crippen LogP contribution in [-0.4, -0.2) is 4.98 Å². The van der Waals surface area contributed by atoms with Crippen LogP contribution < -0.4 is 5.73 Å². The normalized spacial score (nSPS) is 10.7. The Kier molecular flexibility index (Phi) is 3.26. The highest BCUT2D eigenvalue weighted by Gasteiger charge is 2.07. The molecule has 0 aliphatic rings. The monoisotopic (exact) mass is 240 g/mol. The maximum absolute atomic E-state index is 13.3. The molecule has 0 aliphatic heterocycles. The molecular formula is C11H10F2N2S. The van der Waals surface area contributed by atoms with Crippen LogP contribution in [0.25, 0.3) is 0 Å². The summed E-state index contributed by atoms with van der Waals surface area (Å²) in [5.41, 5.74) is 5.90. The van der Waals surface area contributed by atoms with Gasteiger partial charge in [0.2, 0.25) is 0 Å². The summed E-state index contributed by atoms with van der Waals surface area (Å²) in [6, 6.07) is 3.57. The largest absolute Gasteiger partial charge is 0.326 e. The molecule has 2 N–H and O–H groups in total. The van der Waals surface area contributed by atoms with Crippen LogP contribution in [-0.2, 0) is 13.0 Å². The van der Waals surface area contributed by atoms with Crippen molar-refractivity contribution in [2.24, 2.45) is 5.73 Å². The second-order valence-electron chi connectivity index (χ2n) is 3.34.